The number of amides is 1. The zero-order valence-electron chi connectivity index (χ0n) is 24.0. The summed E-state index contributed by atoms with van der Waals surface area (Å²) < 4.78 is 33.6. The number of methoxy groups -OCH3 is 2. The highest BCUT2D eigenvalue weighted by molar-refractivity contribution is 6.32. The molecule has 0 aliphatic carbocycles. The SMILES string of the molecule is COc1cc2ncnc(Nc3cc(Cl)c(Oc4ccn5ncnc5c4)cc3OC)c2cc1NC(=O)/C(F)=C/[C@H]1CCCN1C. The second kappa shape index (κ2) is 12.3. The third-order valence-electron chi connectivity index (χ3n) is 7.32. The fourth-order valence-electron chi connectivity index (χ4n) is 5.02. The fraction of sp³-hybridized carbons (Fsp3) is 0.233. The van der Waals surface area contributed by atoms with Crippen molar-refractivity contribution in [3.05, 3.63) is 72.2 Å². The average Bonchev–Trinajstić information content (AvgIpc) is 3.66. The van der Waals surface area contributed by atoms with Crippen molar-refractivity contribution in [2.75, 3.05) is 38.4 Å². The number of rotatable bonds is 9. The van der Waals surface area contributed by atoms with E-state index >= 15 is 0 Å². The van der Waals surface area contributed by atoms with Gasteiger partial charge in [0.1, 0.15) is 41.5 Å². The lowest BCUT2D eigenvalue weighted by atomic mass is 10.1. The minimum Gasteiger partial charge on any atom is -0.494 e. The first kappa shape index (κ1) is 29.1. The van der Waals surface area contributed by atoms with Gasteiger partial charge in [0.05, 0.1) is 36.1 Å². The van der Waals surface area contributed by atoms with Gasteiger partial charge in [0, 0.05) is 35.8 Å². The van der Waals surface area contributed by atoms with E-state index in [0.29, 0.717) is 56.1 Å². The molecule has 1 amide bonds. The molecule has 5 aromatic rings. The molecule has 44 heavy (non-hydrogen) atoms. The molecule has 0 bridgehead atoms. The van der Waals surface area contributed by atoms with Crippen molar-refractivity contribution in [3.63, 3.8) is 0 Å². The predicted molar refractivity (Wildman–Crippen MR) is 164 cm³/mol. The molecule has 6 rings (SSSR count). The van der Waals surface area contributed by atoms with Crippen LogP contribution in [0.5, 0.6) is 23.0 Å². The number of carbonyl (C=O) groups excluding carboxylic acids is 1. The molecule has 0 spiro atoms. The number of fused-ring (bicyclic) bond motifs is 2. The number of nitrogens with one attached hydrogen (secondary N) is 2. The zero-order chi connectivity index (χ0) is 30.8. The van der Waals surface area contributed by atoms with E-state index in [9.17, 15) is 9.18 Å². The quantitative estimate of drug-likeness (QED) is 0.197. The van der Waals surface area contributed by atoms with E-state index in [1.54, 1.807) is 47.1 Å². The molecule has 1 saturated heterocycles. The molecule has 1 atom stereocenters. The molecule has 0 radical (unpaired) electrons. The third-order valence-corrected chi connectivity index (χ3v) is 7.62. The summed E-state index contributed by atoms with van der Waals surface area (Å²) in [6.45, 7) is 0.858. The number of aromatic nitrogens is 5. The molecule has 2 N–H and O–H groups in total. The molecule has 1 fully saturated rings. The molecule has 3 aromatic heterocycles. The standard InChI is InChI=1S/C30H28ClFN8O4/c1-39-7-4-5-17(39)9-21(32)30(41)38-23-11-19-22(13-26(23)42-2)33-15-35-29(19)37-24-12-20(31)25(14-27(24)43-3)44-18-6-8-40-28(10-18)34-16-36-40/h6,8-17H,4-5,7H2,1-3H3,(H,38,41)(H,33,35,37)/b21-9-/t17-/m1/s1. The van der Waals surface area contributed by atoms with E-state index in [1.165, 1.54) is 33.0 Å². The van der Waals surface area contributed by atoms with Crippen LogP contribution >= 0.6 is 11.6 Å². The van der Waals surface area contributed by atoms with Gasteiger partial charge in [0.2, 0.25) is 0 Å². The van der Waals surface area contributed by atoms with Crippen LogP contribution < -0.4 is 24.8 Å². The largest absolute Gasteiger partial charge is 0.494 e. The molecule has 12 nitrogen and oxygen atoms in total. The van der Waals surface area contributed by atoms with Gasteiger partial charge in [0.15, 0.2) is 11.5 Å². The first-order chi connectivity index (χ1) is 21.3. The number of hydrogen-bond donors (Lipinski definition) is 2. The van der Waals surface area contributed by atoms with Gasteiger partial charge in [-0.05, 0) is 50.7 Å². The van der Waals surface area contributed by atoms with Gasteiger partial charge in [-0.2, -0.15) is 5.10 Å². The second-order valence-corrected chi connectivity index (χ2v) is 10.5. The third kappa shape index (κ3) is 5.92. The maximum Gasteiger partial charge on any atom is 0.284 e. The van der Waals surface area contributed by atoms with Gasteiger partial charge < -0.3 is 24.8 Å². The lowest BCUT2D eigenvalue weighted by Crippen LogP contribution is -2.24. The lowest BCUT2D eigenvalue weighted by Gasteiger charge is -2.17. The molecule has 2 aromatic carbocycles. The number of nitrogens with zero attached hydrogens (tertiary/aromatic N) is 6. The maximum atomic E-state index is 14.9. The summed E-state index contributed by atoms with van der Waals surface area (Å²) in [6.07, 6.45) is 7.65. The van der Waals surface area contributed by atoms with Crippen molar-refractivity contribution in [1.82, 2.24) is 29.5 Å². The van der Waals surface area contributed by atoms with Crippen LogP contribution in [0, 0.1) is 0 Å². The van der Waals surface area contributed by atoms with E-state index < -0.39 is 11.7 Å². The van der Waals surface area contributed by atoms with Crippen molar-refractivity contribution in [1.29, 1.82) is 0 Å². The topological polar surface area (TPSA) is 128 Å². The zero-order valence-corrected chi connectivity index (χ0v) is 24.8. The summed E-state index contributed by atoms with van der Waals surface area (Å²) in [4.78, 5) is 27.7. The van der Waals surface area contributed by atoms with E-state index in [-0.39, 0.29) is 11.7 Å². The fourth-order valence-corrected chi connectivity index (χ4v) is 5.22. The molecular weight excluding hydrogens is 591 g/mol. The number of benzene rings is 2. The van der Waals surface area contributed by atoms with Gasteiger partial charge in [0.25, 0.3) is 5.91 Å². The number of likely N-dealkylation sites (tertiary alicyclic amines) is 1. The normalized spacial score (nSPS) is 15.5. The van der Waals surface area contributed by atoms with Gasteiger partial charge in [-0.25, -0.2) is 23.9 Å². The van der Waals surface area contributed by atoms with Crippen molar-refractivity contribution in [2.24, 2.45) is 0 Å². The Balaban J connectivity index is 1.28. The Morgan fingerprint density at radius 3 is 2.64 bits per heavy atom. The van der Waals surface area contributed by atoms with Gasteiger partial charge in [-0.1, -0.05) is 11.6 Å². The summed E-state index contributed by atoms with van der Waals surface area (Å²) >= 11 is 6.62. The Labute approximate surface area is 256 Å². The number of likely N-dealkylation sites (N-methyl/N-ethyl adjacent to an activating group) is 1. The van der Waals surface area contributed by atoms with Crippen molar-refractivity contribution < 1.29 is 23.4 Å². The first-order valence-electron chi connectivity index (χ1n) is 13.7. The molecule has 1 aliphatic rings. The Kier molecular flexibility index (Phi) is 8.13. The predicted octanol–water partition coefficient (Wildman–Crippen LogP) is 5.77. The highest BCUT2D eigenvalue weighted by atomic mass is 35.5. The number of anilines is 3. The molecule has 4 heterocycles. The summed E-state index contributed by atoms with van der Waals surface area (Å²) in [5, 5.41) is 10.8. The van der Waals surface area contributed by atoms with Crippen LogP contribution in [0.1, 0.15) is 12.8 Å². The number of carbonyl (C=O) groups is 1. The summed E-state index contributed by atoms with van der Waals surface area (Å²) in [5.74, 6) is 0.259. The average molecular weight is 619 g/mol. The summed E-state index contributed by atoms with van der Waals surface area (Å²) in [6, 6.07) is 9.89. The monoisotopic (exact) mass is 618 g/mol. The summed E-state index contributed by atoms with van der Waals surface area (Å²) in [7, 11) is 4.88. The van der Waals surface area contributed by atoms with E-state index in [1.807, 2.05) is 11.9 Å². The minimum atomic E-state index is -0.874. The number of pyridine rings is 1. The van der Waals surface area contributed by atoms with Crippen molar-refractivity contribution >= 4 is 51.3 Å². The van der Waals surface area contributed by atoms with E-state index in [2.05, 4.69) is 30.7 Å². The Hall–Kier alpha value is -5.01. The molecule has 1 aliphatic heterocycles. The van der Waals surface area contributed by atoms with Gasteiger partial charge in [-0.15, -0.1) is 0 Å². The van der Waals surface area contributed by atoms with Crippen LogP contribution in [0.3, 0.4) is 0 Å². The first-order valence-corrected chi connectivity index (χ1v) is 14.0. The van der Waals surface area contributed by atoms with E-state index in [0.717, 1.165) is 19.4 Å². The van der Waals surface area contributed by atoms with Crippen LogP contribution in [-0.4, -0.2) is 69.2 Å². The molecule has 226 valence electrons. The smallest absolute Gasteiger partial charge is 0.284 e. The van der Waals surface area contributed by atoms with Crippen LogP contribution in [-0.2, 0) is 4.79 Å². The Bertz CT molecular complexity index is 1900. The van der Waals surface area contributed by atoms with E-state index in [4.69, 9.17) is 25.8 Å². The Morgan fingerprint density at radius 1 is 1.05 bits per heavy atom. The van der Waals surface area contributed by atoms with Crippen LogP contribution in [0.4, 0.5) is 21.6 Å². The molecule has 14 heteroatoms. The molecule has 0 saturated carbocycles. The van der Waals surface area contributed by atoms with Gasteiger partial charge >= 0.3 is 0 Å². The van der Waals surface area contributed by atoms with Crippen LogP contribution in [0.15, 0.2) is 67.2 Å². The Morgan fingerprint density at radius 2 is 1.86 bits per heavy atom. The maximum absolute atomic E-state index is 14.9. The minimum absolute atomic E-state index is 0.125. The van der Waals surface area contributed by atoms with Gasteiger partial charge in [-0.3, -0.25) is 9.69 Å². The number of hydrogen-bond acceptors (Lipinski definition) is 10. The lowest BCUT2D eigenvalue weighted by molar-refractivity contribution is -0.114. The molecule has 0 unspecified atom stereocenters. The number of halogens is 2. The second-order valence-electron chi connectivity index (χ2n) is 10.1. The van der Waals surface area contributed by atoms with Crippen molar-refractivity contribution in [3.8, 4) is 23.0 Å². The molecular formula is C30H28ClFN8O4. The highest BCUT2D eigenvalue weighted by Crippen LogP contribution is 2.41. The van der Waals surface area contributed by atoms with Crippen LogP contribution in [0.25, 0.3) is 16.6 Å². The summed E-state index contributed by atoms with van der Waals surface area (Å²) in [5.41, 5.74) is 1.89. The van der Waals surface area contributed by atoms with Crippen LogP contribution in [0.2, 0.25) is 5.02 Å². The van der Waals surface area contributed by atoms with Crippen molar-refractivity contribution in [2.45, 2.75) is 18.9 Å². The number of ether oxygens (including phenoxy) is 3. The highest BCUT2D eigenvalue weighted by Gasteiger charge is 2.22.